The molecule has 0 radical (unpaired) electrons. The first-order valence-electron chi connectivity index (χ1n) is 7.33. The van der Waals surface area contributed by atoms with Crippen LogP contribution in [0.25, 0.3) is 0 Å². The molecule has 0 aromatic heterocycles. The molecule has 3 atom stereocenters. The number of rotatable bonds is 2. The molecule has 0 aromatic rings. The maximum absolute atomic E-state index is 4.79. The Morgan fingerprint density at radius 3 is 1.94 bits per heavy atom. The molecule has 0 bridgehead atoms. The normalized spacial score (nSPS) is 33.0. The van der Waals surface area contributed by atoms with E-state index in [1.165, 1.54) is 32.1 Å². The molecular formula is C15H34S. The molecule has 16 heavy (non-hydrogen) atoms. The number of hydrogen-bond acceptors (Lipinski definition) is 1. The van der Waals surface area contributed by atoms with Crippen LogP contribution >= 0.6 is 12.6 Å². The summed E-state index contributed by atoms with van der Waals surface area (Å²) in [5, 5.41) is 0. The Morgan fingerprint density at radius 1 is 1.12 bits per heavy atom. The first-order chi connectivity index (χ1) is 7.61. The zero-order chi connectivity index (χ0) is 13.2. The van der Waals surface area contributed by atoms with Crippen LogP contribution in [0.1, 0.15) is 80.6 Å². The molecule has 1 aliphatic rings. The van der Waals surface area contributed by atoms with Crippen LogP contribution in [-0.2, 0) is 0 Å². The zero-order valence-electron chi connectivity index (χ0n) is 12.6. The largest absolute Gasteiger partial charge is 0.173 e. The minimum absolute atomic E-state index is 0.366. The highest BCUT2D eigenvalue weighted by Gasteiger charge is 2.34. The Morgan fingerprint density at radius 2 is 1.62 bits per heavy atom. The van der Waals surface area contributed by atoms with Crippen LogP contribution in [0.2, 0.25) is 0 Å². The third kappa shape index (κ3) is 6.18. The molecule has 0 aromatic carbocycles. The van der Waals surface area contributed by atoms with Gasteiger partial charge in [-0.25, -0.2) is 0 Å². The van der Waals surface area contributed by atoms with Gasteiger partial charge in [0.25, 0.3) is 0 Å². The lowest BCUT2D eigenvalue weighted by molar-refractivity contribution is 0.207. The van der Waals surface area contributed by atoms with E-state index in [0.717, 1.165) is 11.8 Å². The van der Waals surface area contributed by atoms with Gasteiger partial charge in [0, 0.05) is 4.75 Å². The van der Waals surface area contributed by atoms with E-state index in [9.17, 15) is 0 Å². The summed E-state index contributed by atoms with van der Waals surface area (Å²) in [6.07, 6.45) is 6.64. The second-order valence-electron chi connectivity index (χ2n) is 4.47. The van der Waals surface area contributed by atoms with E-state index in [-0.39, 0.29) is 0 Å². The first-order valence-corrected chi connectivity index (χ1v) is 7.78. The van der Waals surface area contributed by atoms with Gasteiger partial charge in [-0.15, -0.1) is 0 Å². The Labute approximate surface area is 110 Å². The summed E-state index contributed by atoms with van der Waals surface area (Å²) in [6, 6.07) is 0. The second kappa shape index (κ2) is 10.5. The van der Waals surface area contributed by atoms with Crippen molar-refractivity contribution < 1.29 is 0 Å². The highest BCUT2D eigenvalue weighted by molar-refractivity contribution is 7.81. The SMILES string of the molecule is CC.CC.CCC1CCC(S)(CC)CC1C. The maximum atomic E-state index is 4.79. The van der Waals surface area contributed by atoms with Crippen molar-refractivity contribution in [2.45, 2.75) is 85.3 Å². The van der Waals surface area contributed by atoms with Gasteiger partial charge >= 0.3 is 0 Å². The molecule has 1 rings (SSSR count). The summed E-state index contributed by atoms with van der Waals surface area (Å²) < 4.78 is 0.366. The monoisotopic (exact) mass is 246 g/mol. The summed E-state index contributed by atoms with van der Waals surface area (Å²) in [7, 11) is 0. The molecule has 3 unspecified atom stereocenters. The van der Waals surface area contributed by atoms with E-state index in [1.54, 1.807) is 0 Å². The smallest absolute Gasteiger partial charge is 0.0130 e. The molecule has 1 aliphatic carbocycles. The van der Waals surface area contributed by atoms with Crippen molar-refractivity contribution in [3.8, 4) is 0 Å². The van der Waals surface area contributed by atoms with Gasteiger partial charge in [0.2, 0.25) is 0 Å². The van der Waals surface area contributed by atoms with Crippen molar-refractivity contribution in [1.29, 1.82) is 0 Å². The molecule has 1 heteroatoms. The van der Waals surface area contributed by atoms with Crippen LogP contribution in [0.5, 0.6) is 0 Å². The summed E-state index contributed by atoms with van der Waals surface area (Å²) in [5.74, 6) is 1.86. The fourth-order valence-electron chi connectivity index (χ4n) is 2.53. The minimum atomic E-state index is 0.366. The topological polar surface area (TPSA) is 0 Å². The summed E-state index contributed by atoms with van der Waals surface area (Å²) >= 11 is 4.79. The van der Waals surface area contributed by atoms with Crippen LogP contribution in [-0.4, -0.2) is 4.75 Å². The quantitative estimate of drug-likeness (QED) is 0.571. The number of thiol groups is 1. The third-order valence-corrected chi connectivity index (χ3v) is 4.39. The van der Waals surface area contributed by atoms with Crippen molar-refractivity contribution >= 4 is 12.6 Å². The number of hydrogen-bond donors (Lipinski definition) is 1. The van der Waals surface area contributed by atoms with Gasteiger partial charge in [-0.3, -0.25) is 0 Å². The van der Waals surface area contributed by atoms with E-state index >= 15 is 0 Å². The minimum Gasteiger partial charge on any atom is -0.173 e. The van der Waals surface area contributed by atoms with Crippen molar-refractivity contribution in [1.82, 2.24) is 0 Å². The average Bonchev–Trinajstić information content (AvgIpc) is 2.34. The van der Waals surface area contributed by atoms with E-state index in [2.05, 4.69) is 20.8 Å². The van der Waals surface area contributed by atoms with Crippen LogP contribution in [0, 0.1) is 11.8 Å². The molecular weight excluding hydrogens is 212 g/mol. The molecule has 0 nitrogen and oxygen atoms in total. The van der Waals surface area contributed by atoms with Gasteiger partial charge in [-0.05, 0) is 37.5 Å². The molecule has 0 amide bonds. The predicted molar refractivity (Wildman–Crippen MR) is 81.5 cm³/mol. The fraction of sp³-hybridized carbons (Fsp3) is 1.00. The van der Waals surface area contributed by atoms with E-state index < -0.39 is 0 Å². The van der Waals surface area contributed by atoms with Gasteiger partial charge < -0.3 is 0 Å². The lowest BCUT2D eigenvalue weighted by Crippen LogP contribution is -2.33. The molecule has 0 heterocycles. The van der Waals surface area contributed by atoms with E-state index in [0.29, 0.717) is 4.75 Å². The molecule has 100 valence electrons. The Kier molecular flexibility index (Phi) is 12.3. The van der Waals surface area contributed by atoms with Gasteiger partial charge in [-0.1, -0.05) is 54.9 Å². The van der Waals surface area contributed by atoms with Gasteiger partial charge in [0.1, 0.15) is 0 Å². The van der Waals surface area contributed by atoms with Gasteiger partial charge in [0.15, 0.2) is 0 Å². The van der Waals surface area contributed by atoms with Gasteiger partial charge in [0.05, 0.1) is 0 Å². The van der Waals surface area contributed by atoms with Crippen molar-refractivity contribution in [2.75, 3.05) is 0 Å². The van der Waals surface area contributed by atoms with Crippen LogP contribution in [0.4, 0.5) is 0 Å². The highest BCUT2D eigenvalue weighted by Crippen LogP contribution is 2.43. The van der Waals surface area contributed by atoms with E-state index in [4.69, 9.17) is 12.6 Å². The first kappa shape index (κ1) is 18.7. The fourth-order valence-corrected chi connectivity index (χ4v) is 2.95. The predicted octanol–water partition coefficient (Wildman–Crippen LogP) is 5.96. The van der Waals surface area contributed by atoms with E-state index in [1.807, 2.05) is 27.7 Å². The molecule has 1 fully saturated rings. The molecule has 0 aliphatic heterocycles. The summed E-state index contributed by atoms with van der Waals surface area (Å²) in [4.78, 5) is 0. The Bertz CT molecular complexity index is 144. The molecule has 0 saturated heterocycles. The average molecular weight is 247 g/mol. The van der Waals surface area contributed by atoms with Crippen LogP contribution < -0.4 is 0 Å². The second-order valence-corrected chi connectivity index (χ2v) is 5.41. The standard InChI is InChI=1S/C11H22S.2C2H6/c1-4-10-6-7-11(12,5-2)8-9(10)3;2*1-2/h9-10,12H,4-8H2,1-3H3;2*1-2H3. The lowest BCUT2D eigenvalue weighted by atomic mass is 9.72. The molecule has 0 N–H and O–H groups in total. The lowest BCUT2D eigenvalue weighted by Gasteiger charge is -2.40. The highest BCUT2D eigenvalue weighted by atomic mass is 32.1. The summed E-state index contributed by atoms with van der Waals surface area (Å²) in [5.41, 5.74) is 0. The molecule has 0 spiro atoms. The Balaban J connectivity index is 0. The third-order valence-electron chi connectivity index (χ3n) is 3.67. The summed E-state index contributed by atoms with van der Waals surface area (Å²) in [6.45, 7) is 15.0. The van der Waals surface area contributed by atoms with Crippen molar-refractivity contribution in [3.05, 3.63) is 0 Å². The van der Waals surface area contributed by atoms with Crippen molar-refractivity contribution in [3.63, 3.8) is 0 Å². The Hall–Kier alpha value is 0.350. The zero-order valence-corrected chi connectivity index (χ0v) is 13.5. The maximum Gasteiger partial charge on any atom is 0.0130 e. The van der Waals surface area contributed by atoms with Crippen LogP contribution in [0.15, 0.2) is 0 Å². The molecule has 1 saturated carbocycles. The van der Waals surface area contributed by atoms with Crippen molar-refractivity contribution in [2.24, 2.45) is 11.8 Å². The van der Waals surface area contributed by atoms with Gasteiger partial charge in [-0.2, -0.15) is 12.6 Å². The van der Waals surface area contributed by atoms with Crippen LogP contribution in [0.3, 0.4) is 0 Å².